The van der Waals surface area contributed by atoms with Gasteiger partial charge in [0.05, 0.1) is 0 Å². The van der Waals surface area contributed by atoms with Crippen molar-refractivity contribution >= 4 is 11.8 Å². The number of hydrogen-bond donors (Lipinski definition) is 2. The number of nitrogens with zero attached hydrogens (tertiary/aromatic N) is 1. The van der Waals surface area contributed by atoms with Crippen molar-refractivity contribution in [3.63, 3.8) is 0 Å². The van der Waals surface area contributed by atoms with Crippen LogP contribution in [0.4, 0.5) is 0 Å². The molecule has 1 aliphatic carbocycles. The molecule has 20 heavy (non-hydrogen) atoms. The van der Waals surface area contributed by atoms with Gasteiger partial charge in [-0.05, 0) is 38.0 Å². The van der Waals surface area contributed by atoms with Gasteiger partial charge in [-0.15, -0.1) is 0 Å². The summed E-state index contributed by atoms with van der Waals surface area (Å²) >= 11 is 0. The molecule has 0 aromatic heterocycles. The van der Waals surface area contributed by atoms with Gasteiger partial charge >= 0.3 is 0 Å². The molecule has 1 saturated carbocycles. The van der Waals surface area contributed by atoms with E-state index in [1.807, 2.05) is 4.90 Å². The van der Waals surface area contributed by atoms with E-state index in [0.717, 1.165) is 25.8 Å². The lowest BCUT2D eigenvalue weighted by Gasteiger charge is -2.37. The zero-order chi connectivity index (χ0) is 14.5. The number of amides is 2. The second-order valence-corrected chi connectivity index (χ2v) is 6.15. The van der Waals surface area contributed by atoms with E-state index in [0.29, 0.717) is 25.4 Å². The van der Waals surface area contributed by atoms with Crippen LogP contribution in [-0.2, 0) is 9.59 Å². The summed E-state index contributed by atoms with van der Waals surface area (Å²) in [5.41, 5.74) is 5.37. The Balaban J connectivity index is 1.87. The van der Waals surface area contributed by atoms with Crippen LogP contribution in [0.1, 0.15) is 45.4 Å². The third-order valence-electron chi connectivity index (χ3n) is 4.54. The van der Waals surface area contributed by atoms with Crippen molar-refractivity contribution in [1.29, 1.82) is 0 Å². The van der Waals surface area contributed by atoms with Crippen LogP contribution in [0.15, 0.2) is 0 Å². The van der Waals surface area contributed by atoms with Crippen LogP contribution in [0.25, 0.3) is 0 Å². The molecular formula is C15H27N3O2. The second kappa shape index (κ2) is 7.07. The molecule has 1 saturated heterocycles. The maximum Gasteiger partial charge on any atom is 0.225 e. The zero-order valence-electron chi connectivity index (χ0n) is 12.4. The summed E-state index contributed by atoms with van der Waals surface area (Å²) in [6.45, 7) is 3.84. The number of nitrogens with two attached hydrogens (primary N) is 1. The summed E-state index contributed by atoms with van der Waals surface area (Å²) in [6.07, 6.45) is 5.96. The molecule has 1 heterocycles. The van der Waals surface area contributed by atoms with Gasteiger partial charge in [-0.25, -0.2) is 0 Å². The number of likely N-dealkylation sites (tertiary alicyclic amines) is 1. The number of hydrogen-bond acceptors (Lipinski definition) is 3. The third kappa shape index (κ3) is 3.95. The number of rotatable bonds is 6. The zero-order valence-corrected chi connectivity index (χ0v) is 12.4. The average molecular weight is 281 g/mol. The molecule has 5 heteroatoms. The Kier molecular flexibility index (Phi) is 5.40. The highest BCUT2D eigenvalue weighted by atomic mass is 16.2. The summed E-state index contributed by atoms with van der Waals surface area (Å²) in [4.78, 5) is 26.1. The van der Waals surface area contributed by atoms with Crippen molar-refractivity contribution in [3.8, 4) is 0 Å². The summed E-state index contributed by atoms with van der Waals surface area (Å²) in [5.74, 6) is 1.01. The molecule has 2 amide bonds. The molecule has 0 aromatic rings. The first-order chi connectivity index (χ1) is 9.63. The highest BCUT2D eigenvalue weighted by Crippen LogP contribution is 2.38. The molecule has 2 unspecified atom stereocenters. The number of carbonyl (C=O) groups excluding carboxylic acids is 2. The molecule has 0 radical (unpaired) electrons. The van der Waals surface area contributed by atoms with Crippen LogP contribution in [-0.4, -0.2) is 42.4 Å². The Morgan fingerprint density at radius 2 is 2.05 bits per heavy atom. The number of nitrogens with one attached hydrogen (secondary N) is 1. The highest BCUT2D eigenvalue weighted by Gasteiger charge is 2.37. The van der Waals surface area contributed by atoms with Gasteiger partial charge in [0.1, 0.15) is 0 Å². The van der Waals surface area contributed by atoms with Crippen LogP contribution in [0.2, 0.25) is 0 Å². The first-order valence-electron chi connectivity index (χ1n) is 7.90. The van der Waals surface area contributed by atoms with Crippen molar-refractivity contribution in [1.82, 2.24) is 10.2 Å². The van der Waals surface area contributed by atoms with Crippen LogP contribution in [0.3, 0.4) is 0 Å². The topological polar surface area (TPSA) is 75.4 Å². The van der Waals surface area contributed by atoms with Crippen LogP contribution >= 0.6 is 0 Å². The minimum atomic E-state index is -0.0132. The highest BCUT2D eigenvalue weighted by molar-refractivity contribution is 5.80. The molecule has 1 aliphatic heterocycles. The monoisotopic (exact) mass is 281 g/mol. The van der Waals surface area contributed by atoms with Crippen LogP contribution < -0.4 is 11.1 Å². The molecule has 0 aromatic carbocycles. The molecule has 2 rings (SSSR count). The second-order valence-electron chi connectivity index (χ2n) is 6.15. The molecular weight excluding hydrogens is 254 g/mol. The number of carbonyl (C=O) groups is 2. The Hall–Kier alpha value is -1.10. The van der Waals surface area contributed by atoms with E-state index in [9.17, 15) is 9.59 Å². The predicted molar refractivity (Wildman–Crippen MR) is 77.9 cm³/mol. The molecule has 0 spiro atoms. The molecule has 2 aliphatic rings. The summed E-state index contributed by atoms with van der Waals surface area (Å²) in [7, 11) is 0. The third-order valence-corrected chi connectivity index (χ3v) is 4.54. The van der Waals surface area contributed by atoms with Gasteiger partial charge in [0, 0.05) is 38.0 Å². The summed E-state index contributed by atoms with van der Waals surface area (Å²) < 4.78 is 0. The van der Waals surface area contributed by atoms with Crippen molar-refractivity contribution in [3.05, 3.63) is 0 Å². The lowest BCUT2D eigenvalue weighted by atomic mass is 9.97. The van der Waals surface area contributed by atoms with E-state index >= 15 is 0 Å². The van der Waals surface area contributed by atoms with E-state index < -0.39 is 0 Å². The normalized spacial score (nSPS) is 24.3. The molecule has 3 N–H and O–H groups in total. The standard InChI is InChI=1S/C15H27N3O2/c1-11(12-5-6-12)15(20)18-9-3-2-4-13(18)10-17-14(19)7-8-16/h11-13H,2-10,16H2,1H3,(H,17,19). The SMILES string of the molecule is CC(C(=O)N1CCCCC1CNC(=O)CCN)C1CC1. The van der Waals surface area contributed by atoms with Gasteiger partial charge in [-0.2, -0.15) is 0 Å². The van der Waals surface area contributed by atoms with Crippen molar-refractivity contribution in [2.75, 3.05) is 19.6 Å². The number of piperidine rings is 1. The first kappa shape index (κ1) is 15.3. The Bertz CT molecular complexity index is 355. The molecule has 2 fully saturated rings. The van der Waals surface area contributed by atoms with Crippen molar-refractivity contribution in [2.24, 2.45) is 17.6 Å². The minimum absolute atomic E-state index is 0.0132. The maximum absolute atomic E-state index is 12.6. The minimum Gasteiger partial charge on any atom is -0.354 e. The van der Waals surface area contributed by atoms with Gasteiger partial charge < -0.3 is 16.0 Å². The lowest BCUT2D eigenvalue weighted by molar-refractivity contribution is -0.139. The van der Waals surface area contributed by atoms with Crippen molar-refractivity contribution in [2.45, 2.75) is 51.5 Å². The molecule has 0 bridgehead atoms. The van der Waals surface area contributed by atoms with Crippen molar-refractivity contribution < 1.29 is 9.59 Å². The maximum atomic E-state index is 12.6. The van der Waals surface area contributed by atoms with Gasteiger partial charge in [-0.1, -0.05) is 6.92 Å². The van der Waals surface area contributed by atoms with E-state index in [1.54, 1.807) is 0 Å². The first-order valence-corrected chi connectivity index (χ1v) is 7.90. The van der Waals surface area contributed by atoms with E-state index in [4.69, 9.17) is 5.73 Å². The van der Waals surface area contributed by atoms with E-state index in [2.05, 4.69) is 12.2 Å². The van der Waals surface area contributed by atoms with E-state index in [1.165, 1.54) is 12.8 Å². The van der Waals surface area contributed by atoms with Gasteiger partial charge in [-0.3, -0.25) is 9.59 Å². The summed E-state index contributed by atoms with van der Waals surface area (Å²) in [6, 6.07) is 0.166. The van der Waals surface area contributed by atoms with Gasteiger partial charge in [0.2, 0.25) is 11.8 Å². The fourth-order valence-corrected chi connectivity index (χ4v) is 3.01. The Morgan fingerprint density at radius 3 is 2.70 bits per heavy atom. The molecule has 5 nitrogen and oxygen atoms in total. The smallest absolute Gasteiger partial charge is 0.225 e. The lowest BCUT2D eigenvalue weighted by Crippen LogP contribution is -2.51. The molecule has 2 atom stereocenters. The van der Waals surface area contributed by atoms with E-state index in [-0.39, 0.29) is 23.8 Å². The largest absolute Gasteiger partial charge is 0.354 e. The predicted octanol–water partition coefficient (Wildman–Crippen LogP) is 0.879. The average Bonchev–Trinajstić information content (AvgIpc) is 3.29. The Morgan fingerprint density at radius 1 is 1.30 bits per heavy atom. The Labute approximate surface area is 121 Å². The van der Waals surface area contributed by atoms with Gasteiger partial charge in [0.15, 0.2) is 0 Å². The summed E-state index contributed by atoms with van der Waals surface area (Å²) in [5, 5.41) is 2.91. The fraction of sp³-hybridized carbons (Fsp3) is 0.867. The van der Waals surface area contributed by atoms with Crippen LogP contribution in [0, 0.1) is 11.8 Å². The fourth-order valence-electron chi connectivity index (χ4n) is 3.01. The van der Waals surface area contributed by atoms with Gasteiger partial charge in [0.25, 0.3) is 0 Å². The van der Waals surface area contributed by atoms with Crippen LogP contribution in [0.5, 0.6) is 0 Å². The molecule has 114 valence electrons. The quantitative estimate of drug-likeness (QED) is 0.759.